The second-order valence-electron chi connectivity index (χ2n) is 8.37. The van der Waals surface area contributed by atoms with E-state index in [1.165, 1.54) is 7.11 Å². The van der Waals surface area contributed by atoms with Gasteiger partial charge in [-0.2, -0.15) is 0 Å². The van der Waals surface area contributed by atoms with Gasteiger partial charge in [0.05, 0.1) is 13.0 Å². The van der Waals surface area contributed by atoms with Crippen LogP contribution in [0.25, 0.3) is 0 Å². The van der Waals surface area contributed by atoms with E-state index in [1.807, 2.05) is 42.5 Å². The topological polar surface area (TPSA) is 55.8 Å². The second-order valence-corrected chi connectivity index (χ2v) is 8.81. The highest BCUT2D eigenvalue weighted by Gasteiger charge is 2.50. The fourth-order valence-corrected chi connectivity index (χ4v) is 5.37. The zero-order chi connectivity index (χ0) is 21.8. The third-order valence-corrected chi connectivity index (χ3v) is 6.86. The summed E-state index contributed by atoms with van der Waals surface area (Å²) < 4.78 is 10.6. The van der Waals surface area contributed by atoms with Crippen LogP contribution in [-0.4, -0.2) is 42.6 Å². The van der Waals surface area contributed by atoms with Crippen molar-refractivity contribution in [3.63, 3.8) is 0 Å². The summed E-state index contributed by atoms with van der Waals surface area (Å²) >= 11 is 6.07. The van der Waals surface area contributed by atoms with E-state index in [9.17, 15) is 9.59 Å². The molecule has 0 aliphatic carbocycles. The third-order valence-electron chi connectivity index (χ3n) is 6.61. The average molecular weight is 442 g/mol. The number of hydrogen-bond donors (Lipinski definition) is 0. The molecule has 0 amide bonds. The molecular weight excluding hydrogens is 414 g/mol. The standard InChI is InChI=1S/C25H28ClNO4/c1-30-25(29)24-21(17-9-11-18(26)12-10-17)16-19-13-14-22(24)27(19)15-5-8-23(28)31-20-6-3-2-4-7-20/h2-4,6-7,9-12,19,21-22,24H,5,8,13-16H2,1H3. The van der Waals surface area contributed by atoms with Crippen LogP contribution in [0.2, 0.25) is 5.02 Å². The van der Waals surface area contributed by atoms with Crippen LogP contribution in [0, 0.1) is 5.92 Å². The fourth-order valence-electron chi connectivity index (χ4n) is 5.25. The van der Waals surface area contributed by atoms with Crippen molar-refractivity contribution in [1.82, 2.24) is 4.90 Å². The Hall–Kier alpha value is -2.37. The molecule has 4 atom stereocenters. The first-order valence-electron chi connectivity index (χ1n) is 10.9. The van der Waals surface area contributed by atoms with E-state index in [0.717, 1.165) is 31.4 Å². The molecule has 2 saturated heterocycles. The molecular formula is C25H28ClNO4. The number of carbonyl (C=O) groups is 2. The van der Waals surface area contributed by atoms with E-state index < -0.39 is 0 Å². The van der Waals surface area contributed by atoms with Gasteiger partial charge in [-0.25, -0.2) is 0 Å². The van der Waals surface area contributed by atoms with Gasteiger partial charge in [0.25, 0.3) is 0 Å². The fraction of sp³-hybridized carbons (Fsp3) is 0.440. The summed E-state index contributed by atoms with van der Waals surface area (Å²) in [4.78, 5) is 27.4. The monoisotopic (exact) mass is 441 g/mol. The number of piperidine rings is 1. The third kappa shape index (κ3) is 4.94. The number of methoxy groups -OCH3 is 1. The molecule has 2 aromatic carbocycles. The lowest BCUT2D eigenvalue weighted by Crippen LogP contribution is -2.51. The zero-order valence-electron chi connectivity index (χ0n) is 17.7. The van der Waals surface area contributed by atoms with Gasteiger partial charge in [0.1, 0.15) is 5.75 Å². The van der Waals surface area contributed by atoms with Gasteiger partial charge in [-0.3, -0.25) is 14.5 Å². The van der Waals surface area contributed by atoms with Gasteiger partial charge in [0, 0.05) is 29.4 Å². The van der Waals surface area contributed by atoms with Crippen molar-refractivity contribution in [2.24, 2.45) is 5.92 Å². The number of hydrogen-bond acceptors (Lipinski definition) is 5. The minimum atomic E-state index is -0.223. The van der Waals surface area contributed by atoms with Crippen LogP contribution >= 0.6 is 11.6 Å². The molecule has 0 N–H and O–H groups in total. The Kier molecular flexibility index (Phi) is 6.93. The van der Waals surface area contributed by atoms with Crippen molar-refractivity contribution in [1.29, 1.82) is 0 Å². The van der Waals surface area contributed by atoms with E-state index in [4.69, 9.17) is 21.1 Å². The lowest BCUT2D eigenvalue weighted by Gasteiger charge is -2.43. The molecule has 0 saturated carbocycles. The number of nitrogens with zero attached hydrogens (tertiary/aromatic N) is 1. The van der Waals surface area contributed by atoms with E-state index in [1.54, 1.807) is 12.1 Å². The summed E-state index contributed by atoms with van der Waals surface area (Å²) in [5.41, 5.74) is 1.14. The first-order chi connectivity index (χ1) is 15.1. The summed E-state index contributed by atoms with van der Waals surface area (Å²) in [5, 5.41) is 0.696. The molecule has 0 radical (unpaired) electrons. The van der Waals surface area contributed by atoms with E-state index in [0.29, 0.717) is 29.7 Å². The molecule has 6 heteroatoms. The van der Waals surface area contributed by atoms with Crippen molar-refractivity contribution < 1.29 is 19.1 Å². The molecule has 2 bridgehead atoms. The first-order valence-corrected chi connectivity index (χ1v) is 11.3. The van der Waals surface area contributed by atoms with Gasteiger partial charge < -0.3 is 9.47 Å². The lowest BCUT2D eigenvalue weighted by molar-refractivity contribution is -0.151. The molecule has 2 aromatic rings. The maximum absolute atomic E-state index is 12.8. The highest BCUT2D eigenvalue weighted by Crippen LogP contribution is 2.47. The predicted molar refractivity (Wildman–Crippen MR) is 119 cm³/mol. The van der Waals surface area contributed by atoms with E-state index >= 15 is 0 Å². The van der Waals surface area contributed by atoms with Crippen molar-refractivity contribution in [3.8, 4) is 5.75 Å². The summed E-state index contributed by atoms with van der Waals surface area (Å²) in [6, 6.07) is 17.5. The molecule has 2 heterocycles. The number of rotatable bonds is 7. The molecule has 4 rings (SSSR count). The molecule has 2 aliphatic heterocycles. The Labute approximate surface area is 188 Å². The molecule has 4 unspecified atom stereocenters. The molecule has 0 spiro atoms. The number of benzene rings is 2. The van der Waals surface area contributed by atoms with Gasteiger partial charge in [-0.05, 0) is 62.1 Å². The Morgan fingerprint density at radius 2 is 1.81 bits per heavy atom. The summed E-state index contributed by atoms with van der Waals surface area (Å²) in [6.45, 7) is 0.778. The zero-order valence-corrected chi connectivity index (χ0v) is 18.5. The summed E-state index contributed by atoms with van der Waals surface area (Å²) in [6.07, 6.45) is 4.01. The number of carbonyl (C=O) groups excluding carboxylic acids is 2. The largest absolute Gasteiger partial charge is 0.469 e. The maximum Gasteiger partial charge on any atom is 0.311 e. The van der Waals surface area contributed by atoms with Crippen LogP contribution in [0.4, 0.5) is 0 Å². The van der Waals surface area contributed by atoms with Gasteiger partial charge in [0.15, 0.2) is 0 Å². The van der Waals surface area contributed by atoms with Crippen molar-refractivity contribution in [2.75, 3.05) is 13.7 Å². The Morgan fingerprint density at radius 3 is 2.52 bits per heavy atom. The first kappa shape index (κ1) is 21.8. The quantitative estimate of drug-likeness (QED) is 0.454. The Balaban J connectivity index is 1.40. The van der Waals surface area contributed by atoms with Crippen LogP contribution in [0.1, 0.15) is 43.6 Å². The number of fused-ring (bicyclic) bond motifs is 2. The molecule has 2 aliphatic rings. The molecule has 0 aromatic heterocycles. The molecule has 5 nitrogen and oxygen atoms in total. The summed E-state index contributed by atoms with van der Waals surface area (Å²) in [7, 11) is 1.46. The normalized spacial score (nSPS) is 25.2. The van der Waals surface area contributed by atoms with Gasteiger partial charge in [-0.15, -0.1) is 0 Å². The van der Waals surface area contributed by atoms with Crippen LogP contribution in [-0.2, 0) is 14.3 Å². The van der Waals surface area contributed by atoms with Crippen LogP contribution in [0.5, 0.6) is 5.75 Å². The van der Waals surface area contributed by atoms with Gasteiger partial charge in [-0.1, -0.05) is 41.9 Å². The van der Waals surface area contributed by atoms with Crippen molar-refractivity contribution in [2.45, 2.75) is 50.1 Å². The maximum atomic E-state index is 12.8. The molecule has 164 valence electrons. The Bertz CT molecular complexity index is 901. The molecule has 2 fully saturated rings. The SMILES string of the molecule is COC(=O)C1C(c2ccc(Cl)cc2)CC2CCC1N2CCCC(=O)Oc1ccccc1. The number of para-hydroxylation sites is 1. The minimum absolute atomic E-state index is 0.126. The average Bonchev–Trinajstić information content (AvgIpc) is 3.05. The number of halogens is 1. The van der Waals surface area contributed by atoms with Gasteiger partial charge in [0.2, 0.25) is 0 Å². The Morgan fingerprint density at radius 1 is 1.06 bits per heavy atom. The predicted octanol–water partition coefficient (Wildman–Crippen LogP) is 4.84. The highest BCUT2D eigenvalue weighted by atomic mass is 35.5. The number of esters is 2. The van der Waals surface area contributed by atoms with Gasteiger partial charge >= 0.3 is 11.9 Å². The van der Waals surface area contributed by atoms with Crippen LogP contribution < -0.4 is 4.74 Å². The molecule has 31 heavy (non-hydrogen) atoms. The highest BCUT2D eigenvalue weighted by molar-refractivity contribution is 6.30. The lowest BCUT2D eigenvalue weighted by atomic mass is 9.76. The number of ether oxygens (including phenoxy) is 2. The van der Waals surface area contributed by atoms with Crippen molar-refractivity contribution in [3.05, 3.63) is 65.2 Å². The van der Waals surface area contributed by atoms with Crippen LogP contribution in [0.3, 0.4) is 0 Å². The smallest absolute Gasteiger partial charge is 0.311 e. The minimum Gasteiger partial charge on any atom is -0.469 e. The van der Waals surface area contributed by atoms with Crippen LogP contribution in [0.15, 0.2) is 54.6 Å². The van der Waals surface area contributed by atoms with E-state index in [2.05, 4.69) is 4.90 Å². The summed E-state index contributed by atoms with van der Waals surface area (Å²) in [5.74, 6) is 0.114. The van der Waals surface area contributed by atoms with E-state index in [-0.39, 0.29) is 29.8 Å². The second kappa shape index (κ2) is 9.84. The van der Waals surface area contributed by atoms with Crippen molar-refractivity contribution >= 4 is 23.5 Å².